The van der Waals surface area contributed by atoms with E-state index in [1.165, 1.54) is 18.3 Å². The number of nitrogens with zero attached hydrogens (tertiary/aromatic N) is 2. The number of hydrogen-bond acceptors (Lipinski definition) is 4. The molecule has 25 heavy (non-hydrogen) atoms. The molecule has 132 valence electrons. The molecule has 5 nitrogen and oxygen atoms in total. The highest BCUT2D eigenvalue weighted by atomic mass is 19.4. The Morgan fingerprint density at radius 1 is 1.12 bits per heavy atom. The van der Waals surface area contributed by atoms with Crippen LogP contribution in [0.5, 0.6) is 0 Å². The van der Waals surface area contributed by atoms with Gasteiger partial charge in [0, 0.05) is 30.5 Å². The summed E-state index contributed by atoms with van der Waals surface area (Å²) < 4.78 is 43.0. The Morgan fingerprint density at radius 2 is 1.80 bits per heavy atom. The smallest absolute Gasteiger partial charge is 0.378 e. The first-order valence-electron chi connectivity index (χ1n) is 7.71. The monoisotopic (exact) mass is 351 g/mol. The lowest BCUT2D eigenvalue weighted by atomic mass is 10.2. The molecule has 1 aromatic heterocycles. The number of morpholine rings is 1. The number of benzene rings is 1. The molecule has 1 fully saturated rings. The summed E-state index contributed by atoms with van der Waals surface area (Å²) in [6.45, 7) is 2.58. The van der Waals surface area contributed by atoms with Crippen LogP contribution in [0.1, 0.15) is 15.9 Å². The predicted molar refractivity (Wildman–Crippen MR) is 86.7 cm³/mol. The SMILES string of the molecule is O=C(Nc1ccc(C(F)(F)F)cc1)c1ccnc(N2CCOCC2)c1. The summed E-state index contributed by atoms with van der Waals surface area (Å²) in [4.78, 5) is 18.6. The van der Waals surface area contributed by atoms with Crippen molar-refractivity contribution < 1.29 is 22.7 Å². The first kappa shape index (κ1) is 17.2. The Bertz CT molecular complexity index is 742. The van der Waals surface area contributed by atoms with Crippen molar-refractivity contribution in [2.75, 3.05) is 36.5 Å². The van der Waals surface area contributed by atoms with Crippen molar-refractivity contribution in [3.63, 3.8) is 0 Å². The number of nitrogens with one attached hydrogen (secondary N) is 1. The normalized spacial score (nSPS) is 15.1. The van der Waals surface area contributed by atoms with Gasteiger partial charge in [-0.15, -0.1) is 0 Å². The molecule has 1 N–H and O–H groups in total. The molecule has 1 aliphatic heterocycles. The van der Waals surface area contributed by atoms with Crippen LogP contribution in [0, 0.1) is 0 Å². The number of pyridine rings is 1. The number of anilines is 2. The summed E-state index contributed by atoms with van der Waals surface area (Å²) in [7, 11) is 0. The first-order chi connectivity index (χ1) is 11.9. The van der Waals surface area contributed by atoms with Gasteiger partial charge < -0.3 is 15.0 Å². The molecule has 1 aromatic carbocycles. The molecule has 1 amide bonds. The topological polar surface area (TPSA) is 54.5 Å². The van der Waals surface area contributed by atoms with Crippen molar-refractivity contribution >= 4 is 17.4 Å². The van der Waals surface area contributed by atoms with Crippen molar-refractivity contribution in [1.29, 1.82) is 0 Å². The van der Waals surface area contributed by atoms with Gasteiger partial charge in [0.05, 0.1) is 18.8 Å². The van der Waals surface area contributed by atoms with Gasteiger partial charge in [0.1, 0.15) is 5.82 Å². The summed E-state index contributed by atoms with van der Waals surface area (Å²) in [5.74, 6) is 0.264. The average molecular weight is 351 g/mol. The summed E-state index contributed by atoms with van der Waals surface area (Å²) >= 11 is 0. The van der Waals surface area contributed by atoms with E-state index in [0.717, 1.165) is 12.1 Å². The summed E-state index contributed by atoms with van der Waals surface area (Å²) in [6.07, 6.45) is -2.87. The molecule has 0 radical (unpaired) electrons. The quantitative estimate of drug-likeness (QED) is 0.923. The number of rotatable bonds is 3. The minimum absolute atomic E-state index is 0.294. The van der Waals surface area contributed by atoms with Crippen LogP contribution in [0.2, 0.25) is 0 Å². The van der Waals surface area contributed by atoms with Crippen molar-refractivity contribution in [2.45, 2.75) is 6.18 Å². The Hall–Kier alpha value is -2.61. The number of hydrogen-bond donors (Lipinski definition) is 1. The number of halogens is 3. The second-order valence-corrected chi connectivity index (χ2v) is 5.53. The number of amides is 1. The zero-order chi connectivity index (χ0) is 17.9. The number of carbonyl (C=O) groups excluding carboxylic acids is 1. The molecule has 0 spiro atoms. The molecule has 2 aromatic rings. The first-order valence-corrected chi connectivity index (χ1v) is 7.71. The molecular weight excluding hydrogens is 335 g/mol. The lowest BCUT2D eigenvalue weighted by Gasteiger charge is -2.27. The van der Waals surface area contributed by atoms with Crippen LogP contribution in [0.4, 0.5) is 24.7 Å². The van der Waals surface area contributed by atoms with Gasteiger partial charge >= 0.3 is 6.18 Å². The fourth-order valence-electron chi connectivity index (χ4n) is 2.47. The molecule has 8 heteroatoms. The van der Waals surface area contributed by atoms with E-state index in [-0.39, 0.29) is 0 Å². The minimum Gasteiger partial charge on any atom is -0.378 e. The highest BCUT2D eigenvalue weighted by Crippen LogP contribution is 2.29. The maximum absolute atomic E-state index is 12.6. The van der Waals surface area contributed by atoms with E-state index < -0.39 is 17.6 Å². The van der Waals surface area contributed by atoms with E-state index in [9.17, 15) is 18.0 Å². The van der Waals surface area contributed by atoms with Crippen LogP contribution in [0.15, 0.2) is 42.6 Å². The molecule has 2 heterocycles. The zero-order valence-corrected chi connectivity index (χ0v) is 13.2. The number of carbonyl (C=O) groups is 1. The Labute approximate surface area is 142 Å². The van der Waals surface area contributed by atoms with Gasteiger partial charge in [-0.1, -0.05) is 0 Å². The molecule has 3 rings (SSSR count). The fraction of sp³-hybridized carbons (Fsp3) is 0.294. The van der Waals surface area contributed by atoms with Crippen LogP contribution in [-0.2, 0) is 10.9 Å². The van der Waals surface area contributed by atoms with Crippen LogP contribution in [0.25, 0.3) is 0 Å². The number of aromatic nitrogens is 1. The second kappa shape index (κ2) is 7.10. The van der Waals surface area contributed by atoms with Gasteiger partial charge in [0.25, 0.3) is 5.91 Å². The van der Waals surface area contributed by atoms with Crippen molar-refractivity contribution in [3.8, 4) is 0 Å². The van der Waals surface area contributed by atoms with E-state index >= 15 is 0 Å². The third-order valence-corrected chi connectivity index (χ3v) is 3.81. The molecule has 0 saturated carbocycles. The Balaban J connectivity index is 1.70. The molecule has 0 bridgehead atoms. The minimum atomic E-state index is -4.40. The maximum Gasteiger partial charge on any atom is 0.416 e. The van der Waals surface area contributed by atoms with Crippen molar-refractivity contribution in [3.05, 3.63) is 53.7 Å². The van der Waals surface area contributed by atoms with E-state index in [0.29, 0.717) is 43.4 Å². The average Bonchev–Trinajstić information content (AvgIpc) is 2.62. The van der Waals surface area contributed by atoms with Gasteiger partial charge in [0.2, 0.25) is 0 Å². The molecule has 0 atom stereocenters. The van der Waals surface area contributed by atoms with Gasteiger partial charge in [-0.25, -0.2) is 4.98 Å². The molecule has 0 aliphatic carbocycles. The van der Waals surface area contributed by atoms with E-state index in [1.54, 1.807) is 12.1 Å². The summed E-state index contributed by atoms with van der Waals surface area (Å²) in [5, 5.41) is 2.59. The van der Waals surface area contributed by atoms with Crippen LogP contribution in [-0.4, -0.2) is 37.2 Å². The highest BCUT2D eigenvalue weighted by molar-refractivity contribution is 6.04. The second-order valence-electron chi connectivity index (χ2n) is 5.53. The third-order valence-electron chi connectivity index (χ3n) is 3.81. The largest absolute Gasteiger partial charge is 0.416 e. The third kappa shape index (κ3) is 4.27. The zero-order valence-electron chi connectivity index (χ0n) is 13.2. The fourth-order valence-corrected chi connectivity index (χ4v) is 2.47. The highest BCUT2D eigenvalue weighted by Gasteiger charge is 2.30. The standard InChI is InChI=1S/C17H16F3N3O2/c18-17(19,20)13-1-3-14(4-2-13)22-16(24)12-5-6-21-15(11-12)23-7-9-25-10-8-23/h1-6,11H,7-10H2,(H,22,24). The van der Waals surface area contributed by atoms with Crippen LogP contribution < -0.4 is 10.2 Å². The molecule has 0 unspecified atom stereocenters. The van der Waals surface area contributed by atoms with Crippen LogP contribution in [0.3, 0.4) is 0 Å². The van der Waals surface area contributed by atoms with Crippen molar-refractivity contribution in [2.24, 2.45) is 0 Å². The predicted octanol–water partition coefficient (Wildman–Crippen LogP) is 3.19. The lowest BCUT2D eigenvalue weighted by molar-refractivity contribution is -0.137. The molecule has 1 aliphatic rings. The van der Waals surface area contributed by atoms with E-state index in [1.807, 2.05) is 4.90 Å². The molecule has 1 saturated heterocycles. The molecular formula is C17H16F3N3O2. The summed E-state index contributed by atoms with van der Waals surface area (Å²) in [6, 6.07) is 7.53. The number of ether oxygens (including phenoxy) is 1. The van der Waals surface area contributed by atoms with E-state index in [2.05, 4.69) is 10.3 Å². The Kier molecular flexibility index (Phi) is 4.89. The van der Waals surface area contributed by atoms with Gasteiger partial charge in [-0.3, -0.25) is 4.79 Å². The van der Waals surface area contributed by atoms with E-state index in [4.69, 9.17) is 4.74 Å². The Morgan fingerprint density at radius 3 is 2.44 bits per heavy atom. The summed E-state index contributed by atoms with van der Waals surface area (Å²) in [5.41, 5.74) is -0.0804. The maximum atomic E-state index is 12.6. The van der Waals surface area contributed by atoms with Gasteiger partial charge in [-0.2, -0.15) is 13.2 Å². The van der Waals surface area contributed by atoms with Crippen molar-refractivity contribution in [1.82, 2.24) is 4.98 Å². The van der Waals surface area contributed by atoms with Gasteiger partial charge in [0.15, 0.2) is 0 Å². The number of alkyl halides is 3. The lowest BCUT2D eigenvalue weighted by Crippen LogP contribution is -2.36. The van der Waals surface area contributed by atoms with Crippen LogP contribution >= 0.6 is 0 Å². The van der Waals surface area contributed by atoms with Gasteiger partial charge in [-0.05, 0) is 36.4 Å².